The molecule has 1 aromatic carbocycles. The molecule has 2 amide bonds. The largest absolute Gasteiger partial charge is 0.350 e. The number of piperazine rings is 1. The highest BCUT2D eigenvalue weighted by molar-refractivity contribution is 6.04. The van der Waals surface area contributed by atoms with Crippen LogP contribution >= 0.6 is 0 Å². The number of nitrogens with two attached hydrogens (primary N) is 1. The number of carbonyl (C=O) groups is 2. The second kappa shape index (κ2) is 4.78. The van der Waals surface area contributed by atoms with Gasteiger partial charge in [0.15, 0.2) is 0 Å². The first-order chi connectivity index (χ1) is 8.49. The number of amides is 2. The molecule has 1 saturated heterocycles. The predicted molar refractivity (Wildman–Crippen MR) is 69.0 cm³/mol. The standard InChI is InChI=1S/C13H17N3O2/c1-8(14)10-3-5-11(6-4-10)16-7-12(17)15-13(18)9(16)2/h3-6,8-9H,7,14H2,1-2H3,(H,15,17,18)/t8-,9?/m0/s1. The Hall–Kier alpha value is -1.88. The van der Waals surface area contributed by atoms with E-state index in [9.17, 15) is 9.59 Å². The quantitative estimate of drug-likeness (QED) is 0.749. The molecule has 5 nitrogen and oxygen atoms in total. The van der Waals surface area contributed by atoms with Crippen LogP contribution in [-0.4, -0.2) is 24.4 Å². The van der Waals surface area contributed by atoms with Crippen LogP contribution in [0.1, 0.15) is 25.5 Å². The Kier molecular flexibility index (Phi) is 3.34. The normalized spacial score (nSPS) is 21.7. The van der Waals surface area contributed by atoms with E-state index < -0.39 is 0 Å². The summed E-state index contributed by atoms with van der Waals surface area (Å²) in [5.41, 5.74) is 7.67. The average molecular weight is 247 g/mol. The zero-order chi connectivity index (χ0) is 13.3. The molecular formula is C13H17N3O2. The van der Waals surface area contributed by atoms with Crippen LogP contribution in [0.4, 0.5) is 5.69 Å². The van der Waals surface area contributed by atoms with Gasteiger partial charge in [0.25, 0.3) is 0 Å². The third-order valence-corrected chi connectivity index (χ3v) is 3.17. The van der Waals surface area contributed by atoms with Crippen LogP contribution in [0.3, 0.4) is 0 Å². The lowest BCUT2D eigenvalue weighted by atomic mass is 10.1. The summed E-state index contributed by atoms with van der Waals surface area (Å²) in [6.07, 6.45) is 0. The third-order valence-electron chi connectivity index (χ3n) is 3.17. The van der Waals surface area contributed by atoms with Gasteiger partial charge in [-0.15, -0.1) is 0 Å². The summed E-state index contributed by atoms with van der Waals surface area (Å²) in [4.78, 5) is 24.7. The van der Waals surface area contributed by atoms with Crippen LogP contribution in [0.15, 0.2) is 24.3 Å². The van der Waals surface area contributed by atoms with Gasteiger partial charge < -0.3 is 10.6 Å². The van der Waals surface area contributed by atoms with Crippen molar-refractivity contribution in [1.82, 2.24) is 5.32 Å². The van der Waals surface area contributed by atoms with E-state index in [1.165, 1.54) is 0 Å². The first-order valence-corrected chi connectivity index (χ1v) is 5.95. The van der Waals surface area contributed by atoms with Gasteiger partial charge in [0.05, 0.1) is 6.54 Å². The summed E-state index contributed by atoms with van der Waals surface area (Å²) in [6.45, 7) is 3.89. The second-order valence-corrected chi connectivity index (χ2v) is 4.60. The van der Waals surface area contributed by atoms with Gasteiger partial charge in [-0.2, -0.15) is 0 Å². The van der Waals surface area contributed by atoms with Crippen LogP contribution in [0.25, 0.3) is 0 Å². The Balaban J connectivity index is 2.24. The Morgan fingerprint density at radius 1 is 1.33 bits per heavy atom. The molecule has 96 valence electrons. The maximum absolute atomic E-state index is 11.6. The van der Waals surface area contributed by atoms with Crippen molar-refractivity contribution in [3.63, 3.8) is 0 Å². The third kappa shape index (κ3) is 2.36. The second-order valence-electron chi connectivity index (χ2n) is 4.60. The first kappa shape index (κ1) is 12.6. The van der Waals surface area contributed by atoms with Crippen molar-refractivity contribution in [3.05, 3.63) is 29.8 Å². The van der Waals surface area contributed by atoms with Gasteiger partial charge >= 0.3 is 0 Å². The van der Waals surface area contributed by atoms with Crippen LogP contribution in [0, 0.1) is 0 Å². The number of nitrogens with one attached hydrogen (secondary N) is 1. The number of imide groups is 1. The van der Waals surface area contributed by atoms with Crippen molar-refractivity contribution < 1.29 is 9.59 Å². The molecule has 1 aliphatic rings. The molecule has 0 aliphatic carbocycles. The zero-order valence-electron chi connectivity index (χ0n) is 10.5. The summed E-state index contributed by atoms with van der Waals surface area (Å²) >= 11 is 0. The molecule has 0 aromatic heterocycles. The molecular weight excluding hydrogens is 230 g/mol. The Morgan fingerprint density at radius 3 is 2.50 bits per heavy atom. The number of hydrogen-bond acceptors (Lipinski definition) is 4. The van der Waals surface area contributed by atoms with Crippen LogP contribution in [0.5, 0.6) is 0 Å². The minimum atomic E-state index is -0.344. The summed E-state index contributed by atoms with van der Waals surface area (Å²) in [5, 5.41) is 2.32. The molecule has 0 spiro atoms. The minimum Gasteiger partial charge on any atom is -0.350 e. The van der Waals surface area contributed by atoms with Gasteiger partial charge in [0.2, 0.25) is 11.8 Å². The number of benzene rings is 1. The van der Waals surface area contributed by atoms with E-state index >= 15 is 0 Å². The number of hydrogen-bond donors (Lipinski definition) is 2. The SMILES string of the molecule is CC1C(=O)NC(=O)CN1c1ccc([C@H](C)N)cc1. The van der Waals surface area contributed by atoms with Gasteiger partial charge in [0.1, 0.15) is 6.04 Å². The lowest BCUT2D eigenvalue weighted by molar-refractivity contribution is -0.132. The van der Waals surface area contributed by atoms with Crippen molar-refractivity contribution in [2.75, 3.05) is 11.4 Å². The van der Waals surface area contributed by atoms with Crippen molar-refractivity contribution in [1.29, 1.82) is 0 Å². The van der Waals surface area contributed by atoms with Gasteiger partial charge in [-0.05, 0) is 31.5 Å². The van der Waals surface area contributed by atoms with Crippen molar-refractivity contribution >= 4 is 17.5 Å². The first-order valence-electron chi connectivity index (χ1n) is 5.95. The molecule has 1 fully saturated rings. The fraction of sp³-hybridized carbons (Fsp3) is 0.385. The summed E-state index contributed by atoms with van der Waals surface area (Å²) in [5.74, 6) is -0.531. The van der Waals surface area contributed by atoms with Crippen LogP contribution < -0.4 is 16.0 Å². The van der Waals surface area contributed by atoms with Crippen molar-refractivity contribution in [2.24, 2.45) is 5.73 Å². The predicted octanol–water partition coefficient (Wildman–Crippen LogP) is 0.558. The highest BCUT2D eigenvalue weighted by Gasteiger charge is 2.30. The lowest BCUT2D eigenvalue weighted by Crippen LogP contribution is -2.57. The van der Waals surface area contributed by atoms with Gasteiger partial charge in [-0.25, -0.2) is 0 Å². The molecule has 2 atom stereocenters. The Bertz CT molecular complexity index is 468. The molecule has 1 unspecified atom stereocenters. The summed E-state index contributed by atoms with van der Waals surface area (Å²) in [7, 11) is 0. The maximum atomic E-state index is 11.6. The average Bonchev–Trinajstić information content (AvgIpc) is 2.34. The number of rotatable bonds is 2. The van der Waals surface area contributed by atoms with E-state index in [1.54, 1.807) is 11.8 Å². The van der Waals surface area contributed by atoms with E-state index in [0.29, 0.717) is 0 Å². The molecule has 18 heavy (non-hydrogen) atoms. The monoisotopic (exact) mass is 247 g/mol. The summed E-state index contributed by atoms with van der Waals surface area (Å²) < 4.78 is 0. The molecule has 1 heterocycles. The van der Waals surface area contributed by atoms with Gasteiger partial charge in [-0.3, -0.25) is 14.9 Å². The van der Waals surface area contributed by atoms with E-state index in [-0.39, 0.29) is 30.4 Å². The molecule has 0 saturated carbocycles. The minimum absolute atomic E-state index is 0.0252. The highest BCUT2D eigenvalue weighted by Crippen LogP contribution is 2.21. The van der Waals surface area contributed by atoms with Gasteiger partial charge in [-0.1, -0.05) is 12.1 Å². The molecule has 1 aliphatic heterocycles. The van der Waals surface area contributed by atoms with E-state index in [2.05, 4.69) is 5.32 Å². The Morgan fingerprint density at radius 2 is 1.94 bits per heavy atom. The molecule has 3 N–H and O–H groups in total. The van der Waals surface area contributed by atoms with Crippen molar-refractivity contribution in [2.45, 2.75) is 25.9 Å². The van der Waals surface area contributed by atoms with E-state index in [4.69, 9.17) is 5.73 Å². The zero-order valence-corrected chi connectivity index (χ0v) is 10.5. The fourth-order valence-corrected chi connectivity index (χ4v) is 2.00. The topological polar surface area (TPSA) is 75.4 Å². The smallest absolute Gasteiger partial charge is 0.249 e. The van der Waals surface area contributed by atoms with Crippen LogP contribution in [-0.2, 0) is 9.59 Å². The molecule has 5 heteroatoms. The maximum Gasteiger partial charge on any atom is 0.249 e. The molecule has 1 aromatic rings. The van der Waals surface area contributed by atoms with Gasteiger partial charge in [0, 0.05) is 11.7 Å². The molecule has 2 rings (SSSR count). The Labute approximate surface area is 106 Å². The molecule has 0 bridgehead atoms. The number of carbonyl (C=O) groups excluding carboxylic acids is 2. The van der Waals surface area contributed by atoms with Crippen molar-refractivity contribution in [3.8, 4) is 0 Å². The molecule has 0 radical (unpaired) electrons. The number of nitrogens with zero attached hydrogens (tertiary/aromatic N) is 1. The summed E-state index contributed by atoms with van der Waals surface area (Å²) in [6, 6.07) is 7.25. The number of anilines is 1. The fourth-order valence-electron chi connectivity index (χ4n) is 2.00. The highest BCUT2D eigenvalue weighted by atomic mass is 16.2. The van der Waals surface area contributed by atoms with E-state index in [0.717, 1.165) is 11.3 Å². The van der Waals surface area contributed by atoms with Crippen LogP contribution in [0.2, 0.25) is 0 Å². The van der Waals surface area contributed by atoms with E-state index in [1.807, 2.05) is 31.2 Å². The lowest BCUT2D eigenvalue weighted by Gasteiger charge is -2.33.